The first-order chi connectivity index (χ1) is 9.34. The van der Waals surface area contributed by atoms with E-state index in [2.05, 4.69) is 12.1 Å². The molecule has 0 unspecified atom stereocenters. The third-order valence-electron chi connectivity index (χ3n) is 3.40. The predicted molar refractivity (Wildman–Crippen MR) is 75.7 cm³/mol. The van der Waals surface area contributed by atoms with Crippen LogP contribution in [0.25, 0.3) is 0 Å². The van der Waals surface area contributed by atoms with E-state index in [4.69, 9.17) is 4.74 Å². The highest BCUT2D eigenvalue weighted by atomic mass is 32.2. The number of thioether (sulfide) groups is 1. The number of carbonyl (C=O) groups is 1. The van der Waals surface area contributed by atoms with Gasteiger partial charge in [0, 0.05) is 29.3 Å². The number of ether oxygens (including phenoxy) is 1. The number of amides is 1. The van der Waals surface area contributed by atoms with Crippen LogP contribution in [-0.4, -0.2) is 30.5 Å². The molecule has 0 aromatic heterocycles. The zero-order valence-electron chi connectivity index (χ0n) is 10.8. The Morgan fingerprint density at radius 3 is 2.63 bits per heavy atom. The Labute approximate surface area is 117 Å². The second-order valence-electron chi connectivity index (χ2n) is 4.77. The number of likely N-dealkylation sites (tertiary alicyclic amines) is 1. The Morgan fingerprint density at radius 1 is 1.16 bits per heavy atom. The van der Waals surface area contributed by atoms with Gasteiger partial charge in [0.15, 0.2) is 5.76 Å². The van der Waals surface area contributed by atoms with Crippen molar-refractivity contribution < 1.29 is 9.53 Å². The number of nitrogens with zero attached hydrogens (tertiary/aromatic N) is 1. The summed E-state index contributed by atoms with van der Waals surface area (Å²) in [4.78, 5) is 16.5. The maximum Gasteiger partial charge on any atom is 0.289 e. The lowest BCUT2D eigenvalue weighted by Gasteiger charge is -2.16. The Hall–Kier alpha value is -1.42. The van der Waals surface area contributed by atoms with Crippen LogP contribution >= 0.6 is 11.8 Å². The van der Waals surface area contributed by atoms with Crippen LogP contribution in [0.3, 0.4) is 0 Å². The van der Waals surface area contributed by atoms with Gasteiger partial charge in [0.2, 0.25) is 0 Å². The Balaban J connectivity index is 1.77. The Bertz CT molecular complexity index is 492. The maximum atomic E-state index is 12.4. The van der Waals surface area contributed by atoms with Crippen LogP contribution in [-0.2, 0) is 9.53 Å². The summed E-state index contributed by atoms with van der Waals surface area (Å²) in [6.07, 6.45) is 3.06. The van der Waals surface area contributed by atoms with Crippen LogP contribution in [0.5, 0.6) is 0 Å². The molecule has 2 aliphatic heterocycles. The number of hydrogen-bond acceptors (Lipinski definition) is 3. The minimum atomic E-state index is 0.0773. The zero-order chi connectivity index (χ0) is 13.1. The van der Waals surface area contributed by atoms with E-state index < -0.39 is 0 Å². The van der Waals surface area contributed by atoms with Crippen LogP contribution in [0.1, 0.15) is 19.3 Å². The highest BCUT2D eigenvalue weighted by Crippen LogP contribution is 2.36. The molecule has 0 saturated carbocycles. The molecule has 3 nitrogen and oxygen atoms in total. The lowest BCUT2D eigenvalue weighted by Crippen LogP contribution is -2.29. The van der Waals surface area contributed by atoms with Crippen molar-refractivity contribution in [1.82, 2.24) is 4.90 Å². The molecule has 0 bridgehead atoms. The first kappa shape index (κ1) is 12.6. The van der Waals surface area contributed by atoms with Crippen LogP contribution in [0.15, 0.2) is 45.9 Å². The van der Waals surface area contributed by atoms with E-state index in [1.807, 2.05) is 23.1 Å². The first-order valence-corrected chi connectivity index (χ1v) is 7.54. The second kappa shape index (κ2) is 5.70. The van der Waals surface area contributed by atoms with Crippen molar-refractivity contribution in [3.8, 4) is 0 Å². The average Bonchev–Trinajstić information content (AvgIpc) is 3.10. The molecule has 1 aromatic rings. The fourth-order valence-electron chi connectivity index (χ4n) is 2.41. The zero-order valence-corrected chi connectivity index (χ0v) is 11.6. The van der Waals surface area contributed by atoms with E-state index in [0.717, 1.165) is 42.2 Å². The largest absolute Gasteiger partial charge is 0.487 e. The first-order valence-electron chi connectivity index (χ1n) is 6.73. The highest BCUT2D eigenvalue weighted by molar-refractivity contribution is 8.03. The van der Waals surface area contributed by atoms with Gasteiger partial charge in [0.05, 0.1) is 6.61 Å². The average molecular weight is 275 g/mol. The molecule has 4 heteroatoms. The molecule has 3 rings (SSSR count). The Kier molecular flexibility index (Phi) is 3.78. The van der Waals surface area contributed by atoms with Gasteiger partial charge in [-0.2, -0.15) is 0 Å². The summed E-state index contributed by atoms with van der Waals surface area (Å²) in [5.74, 6) is 0.657. The minimum absolute atomic E-state index is 0.0773. The lowest BCUT2D eigenvalue weighted by atomic mass is 10.3. The van der Waals surface area contributed by atoms with Gasteiger partial charge in [-0.25, -0.2) is 0 Å². The Morgan fingerprint density at radius 2 is 1.89 bits per heavy atom. The molecular weight excluding hydrogens is 258 g/mol. The summed E-state index contributed by atoms with van der Waals surface area (Å²) in [5.41, 5.74) is 0. The molecule has 1 amide bonds. The van der Waals surface area contributed by atoms with Crippen LogP contribution in [0.4, 0.5) is 0 Å². The van der Waals surface area contributed by atoms with Crippen LogP contribution in [0, 0.1) is 0 Å². The van der Waals surface area contributed by atoms with Gasteiger partial charge in [-0.1, -0.05) is 30.0 Å². The number of rotatable bonds is 3. The van der Waals surface area contributed by atoms with Gasteiger partial charge in [0.25, 0.3) is 5.91 Å². The molecule has 2 heterocycles. The third kappa shape index (κ3) is 2.78. The topological polar surface area (TPSA) is 29.5 Å². The monoisotopic (exact) mass is 275 g/mol. The lowest BCUT2D eigenvalue weighted by molar-refractivity contribution is -0.129. The second-order valence-corrected chi connectivity index (χ2v) is 5.93. The quantitative estimate of drug-likeness (QED) is 0.849. The van der Waals surface area contributed by atoms with E-state index in [1.54, 1.807) is 11.8 Å². The third-order valence-corrected chi connectivity index (χ3v) is 4.54. The molecule has 100 valence electrons. The number of benzene rings is 1. The predicted octanol–water partition coefficient (Wildman–Crippen LogP) is 3.03. The number of hydrogen-bond donors (Lipinski definition) is 0. The smallest absolute Gasteiger partial charge is 0.289 e. The van der Waals surface area contributed by atoms with Crippen molar-refractivity contribution in [2.45, 2.75) is 24.2 Å². The minimum Gasteiger partial charge on any atom is -0.487 e. The number of carbonyl (C=O) groups excluding carboxylic acids is 1. The summed E-state index contributed by atoms with van der Waals surface area (Å²) >= 11 is 1.65. The normalized spacial score (nSPS) is 18.8. The standard InChI is InChI=1S/C15H17NO2S/c17-15(16-9-4-5-10-16)14-13(8-11-18-14)19-12-6-2-1-3-7-12/h1-3,6-7H,4-5,8-11H2. The van der Waals surface area contributed by atoms with Crippen molar-refractivity contribution in [2.24, 2.45) is 0 Å². The van der Waals surface area contributed by atoms with E-state index in [1.165, 1.54) is 0 Å². The van der Waals surface area contributed by atoms with Crippen molar-refractivity contribution in [3.63, 3.8) is 0 Å². The molecule has 0 N–H and O–H groups in total. The fraction of sp³-hybridized carbons (Fsp3) is 0.400. The van der Waals surface area contributed by atoms with E-state index in [9.17, 15) is 4.79 Å². The summed E-state index contributed by atoms with van der Waals surface area (Å²) in [6.45, 7) is 2.37. The maximum absolute atomic E-state index is 12.4. The van der Waals surface area contributed by atoms with Gasteiger partial charge in [0.1, 0.15) is 0 Å². The van der Waals surface area contributed by atoms with Crippen molar-refractivity contribution in [3.05, 3.63) is 41.0 Å². The van der Waals surface area contributed by atoms with Gasteiger partial charge in [-0.05, 0) is 25.0 Å². The molecule has 1 saturated heterocycles. The van der Waals surface area contributed by atoms with Crippen molar-refractivity contribution in [2.75, 3.05) is 19.7 Å². The molecule has 19 heavy (non-hydrogen) atoms. The van der Waals surface area contributed by atoms with E-state index in [0.29, 0.717) is 12.4 Å². The summed E-state index contributed by atoms with van der Waals surface area (Å²) in [7, 11) is 0. The molecule has 0 radical (unpaired) electrons. The van der Waals surface area contributed by atoms with Gasteiger partial charge >= 0.3 is 0 Å². The molecule has 2 aliphatic rings. The van der Waals surface area contributed by atoms with E-state index in [-0.39, 0.29) is 5.91 Å². The molecule has 0 atom stereocenters. The van der Waals surface area contributed by atoms with Gasteiger partial charge in [-0.15, -0.1) is 0 Å². The highest BCUT2D eigenvalue weighted by Gasteiger charge is 2.29. The van der Waals surface area contributed by atoms with Gasteiger partial charge < -0.3 is 9.64 Å². The fourth-order valence-corrected chi connectivity index (χ4v) is 3.41. The summed E-state index contributed by atoms with van der Waals surface area (Å²) in [6, 6.07) is 10.2. The van der Waals surface area contributed by atoms with Crippen LogP contribution in [0.2, 0.25) is 0 Å². The van der Waals surface area contributed by atoms with Crippen molar-refractivity contribution in [1.29, 1.82) is 0 Å². The molecular formula is C15H17NO2S. The van der Waals surface area contributed by atoms with E-state index >= 15 is 0 Å². The van der Waals surface area contributed by atoms with Crippen molar-refractivity contribution >= 4 is 17.7 Å². The van der Waals surface area contributed by atoms with Gasteiger partial charge in [-0.3, -0.25) is 4.79 Å². The molecule has 1 fully saturated rings. The summed E-state index contributed by atoms with van der Waals surface area (Å²) in [5, 5.41) is 0. The van der Waals surface area contributed by atoms with Crippen LogP contribution < -0.4 is 0 Å². The molecule has 0 spiro atoms. The summed E-state index contributed by atoms with van der Waals surface area (Å²) < 4.78 is 5.58. The SMILES string of the molecule is O=C(C1=C(Sc2ccccc2)CCO1)N1CCCC1. The molecule has 1 aromatic carbocycles. The molecule has 0 aliphatic carbocycles.